The third-order valence-corrected chi connectivity index (χ3v) is 3.14. The molecule has 4 N–H and O–H groups in total. The van der Waals surface area contributed by atoms with Crippen molar-refractivity contribution < 1.29 is 4.74 Å². The maximum Gasteiger partial charge on any atom is 0.226 e. The van der Waals surface area contributed by atoms with Crippen molar-refractivity contribution in [1.29, 1.82) is 0 Å². The lowest BCUT2D eigenvalue weighted by Crippen LogP contribution is -2.15. The highest BCUT2D eigenvalue weighted by atomic mass is 35.5. The molecule has 0 saturated carbocycles. The van der Waals surface area contributed by atoms with Crippen LogP contribution in [-0.2, 0) is 0 Å². The van der Waals surface area contributed by atoms with Crippen LogP contribution in [0.5, 0.6) is 5.75 Å². The fourth-order valence-corrected chi connectivity index (χ4v) is 2.06. The van der Waals surface area contributed by atoms with E-state index in [9.17, 15) is 0 Å². The Morgan fingerprint density at radius 2 is 1.90 bits per heavy atom. The van der Waals surface area contributed by atoms with Crippen molar-refractivity contribution >= 4 is 35.0 Å². The van der Waals surface area contributed by atoms with Gasteiger partial charge in [0.2, 0.25) is 5.28 Å². The Kier molecular flexibility index (Phi) is 4.49. The third-order valence-electron chi connectivity index (χ3n) is 2.97. The van der Waals surface area contributed by atoms with Crippen LogP contribution in [0.25, 0.3) is 6.08 Å². The summed E-state index contributed by atoms with van der Waals surface area (Å²) in [6, 6.07) is 7.52. The van der Waals surface area contributed by atoms with Gasteiger partial charge in [-0.3, -0.25) is 0 Å². The Hall–Kier alpha value is -2.47. The van der Waals surface area contributed by atoms with E-state index >= 15 is 0 Å². The molecule has 110 valence electrons. The highest BCUT2D eigenvalue weighted by molar-refractivity contribution is 6.28. The minimum Gasteiger partial charge on any atom is -0.497 e. The van der Waals surface area contributed by atoms with E-state index in [-0.39, 0.29) is 11.1 Å². The number of halogens is 1. The monoisotopic (exact) mass is 305 g/mol. The third kappa shape index (κ3) is 3.17. The van der Waals surface area contributed by atoms with Crippen molar-refractivity contribution in [2.24, 2.45) is 5.73 Å². The second-order valence-corrected chi connectivity index (χ2v) is 4.57. The van der Waals surface area contributed by atoms with Gasteiger partial charge in [0.15, 0.2) is 0 Å². The first-order valence-corrected chi connectivity index (χ1v) is 6.53. The van der Waals surface area contributed by atoms with Crippen molar-refractivity contribution in [2.45, 2.75) is 0 Å². The number of benzene rings is 1. The van der Waals surface area contributed by atoms with Crippen molar-refractivity contribution in [1.82, 2.24) is 9.97 Å². The number of hydrogen-bond acceptors (Lipinski definition) is 6. The first-order chi connectivity index (χ1) is 10.1. The molecule has 0 atom stereocenters. The van der Waals surface area contributed by atoms with E-state index in [0.717, 1.165) is 11.4 Å². The van der Waals surface area contributed by atoms with Crippen LogP contribution in [0, 0.1) is 0 Å². The van der Waals surface area contributed by atoms with Gasteiger partial charge in [0.05, 0.1) is 12.7 Å². The van der Waals surface area contributed by atoms with Crippen LogP contribution in [-0.4, -0.2) is 24.1 Å². The first kappa shape index (κ1) is 14.9. The molecular formula is C14H16ClN5O. The standard InChI is InChI=1S/C14H16ClN5O/c1-20(9-3-5-10(21-2)6-4-9)13-11(7-8-16)12(17)18-14(15)19-13/h3-8H,16H2,1-2H3,(H2,17,18,19)/b8-7-. The van der Waals surface area contributed by atoms with Gasteiger partial charge < -0.3 is 21.1 Å². The molecule has 1 aromatic carbocycles. The zero-order valence-electron chi connectivity index (χ0n) is 11.7. The van der Waals surface area contributed by atoms with E-state index in [1.54, 1.807) is 13.2 Å². The molecular weight excluding hydrogens is 290 g/mol. The van der Waals surface area contributed by atoms with E-state index < -0.39 is 0 Å². The largest absolute Gasteiger partial charge is 0.497 e. The quantitative estimate of drug-likeness (QED) is 0.843. The van der Waals surface area contributed by atoms with Gasteiger partial charge in [-0.1, -0.05) is 0 Å². The van der Waals surface area contributed by atoms with Gasteiger partial charge in [-0.25, -0.2) is 4.98 Å². The van der Waals surface area contributed by atoms with E-state index in [2.05, 4.69) is 9.97 Å². The van der Waals surface area contributed by atoms with E-state index in [1.165, 1.54) is 6.20 Å². The number of nitrogens with two attached hydrogens (primary N) is 2. The number of nitrogens with zero attached hydrogens (tertiary/aromatic N) is 3. The van der Waals surface area contributed by atoms with Gasteiger partial charge >= 0.3 is 0 Å². The molecule has 0 unspecified atom stereocenters. The van der Waals surface area contributed by atoms with Gasteiger partial charge in [-0.2, -0.15) is 4.98 Å². The van der Waals surface area contributed by atoms with Crippen LogP contribution in [0.3, 0.4) is 0 Å². The van der Waals surface area contributed by atoms with Gasteiger partial charge in [-0.05, 0) is 48.1 Å². The van der Waals surface area contributed by atoms with Crippen molar-refractivity contribution in [3.8, 4) is 5.75 Å². The predicted octanol–water partition coefficient (Wildman–Crippen LogP) is 2.42. The Morgan fingerprint density at radius 1 is 1.24 bits per heavy atom. The lowest BCUT2D eigenvalue weighted by atomic mass is 10.2. The van der Waals surface area contributed by atoms with Crippen LogP contribution in [0.1, 0.15) is 5.56 Å². The van der Waals surface area contributed by atoms with Gasteiger partial charge in [0, 0.05) is 12.7 Å². The lowest BCUT2D eigenvalue weighted by molar-refractivity contribution is 0.415. The summed E-state index contributed by atoms with van der Waals surface area (Å²) in [6.45, 7) is 0. The minimum absolute atomic E-state index is 0.0806. The summed E-state index contributed by atoms with van der Waals surface area (Å²) in [5.74, 6) is 1.61. The predicted molar refractivity (Wildman–Crippen MR) is 85.7 cm³/mol. The molecule has 0 saturated heterocycles. The van der Waals surface area contributed by atoms with Crippen molar-refractivity contribution in [3.05, 3.63) is 41.3 Å². The van der Waals surface area contributed by atoms with Crippen LogP contribution in [0.2, 0.25) is 5.28 Å². The summed E-state index contributed by atoms with van der Waals surface area (Å²) in [4.78, 5) is 10.0. The zero-order valence-corrected chi connectivity index (χ0v) is 12.5. The average molecular weight is 306 g/mol. The summed E-state index contributed by atoms with van der Waals surface area (Å²) in [7, 11) is 3.47. The SMILES string of the molecule is COc1ccc(N(C)c2nc(Cl)nc(N)c2/C=C\N)cc1. The van der Waals surface area contributed by atoms with Gasteiger partial charge in [-0.15, -0.1) is 0 Å². The van der Waals surface area contributed by atoms with Crippen LogP contribution in [0.4, 0.5) is 17.3 Å². The highest BCUT2D eigenvalue weighted by Gasteiger charge is 2.15. The van der Waals surface area contributed by atoms with Crippen LogP contribution < -0.4 is 21.1 Å². The maximum atomic E-state index is 5.90. The van der Waals surface area contributed by atoms with E-state index in [0.29, 0.717) is 11.4 Å². The molecule has 0 aliphatic heterocycles. The fourth-order valence-electron chi connectivity index (χ4n) is 1.89. The summed E-state index contributed by atoms with van der Waals surface area (Å²) >= 11 is 5.90. The van der Waals surface area contributed by atoms with E-state index in [1.807, 2.05) is 36.2 Å². The number of hydrogen-bond donors (Lipinski definition) is 2. The number of nitrogen functional groups attached to an aromatic ring is 1. The second-order valence-electron chi connectivity index (χ2n) is 4.23. The molecule has 0 aliphatic carbocycles. The molecule has 6 nitrogen and oxygen atoms in total. The highest BCUT2D eigenvalue weighted by Crippen LogP contribution is 2.30. The number of aromatic nitrogens is 2. The lowest BCUT2D eigenvalue weighted by Gasteiger charge is -2.21. The van der Waals surface area contributed by atoms with Crippen molar-refractivity contribution in [2.75, 3.05) is 24.8 Å². The molecule has 7 heteroatoms. The smallest absolute Gasteiger partial charge is 0.226 e. The molecule has 1 heterocycles. The Balaban J connectivity index is 2.48. The minimum atomic E-state index is 0.0806. The molecule has 2 aromatic rings. The topological polar surface area (TPSA) is 90.3 Å². The fraction of sp³-hybridized carbons (Fsp3) is 0.143. The molecule has 0 amide bonds. The molecule has 0 fully saturated rings. The van der Waals surface area contributed by atoms with Crippen LogP contribution in [0.15, 0.2) is 30.5 Å². The average Bonchev–Trinajstić information content (AvgIpc) is 2.49. The summed E-state index contributed by atoms with van der Waals surface area (Å²) in [5.41, 5.74) is 12.8. The molecule has 0 spiro atoms. The number of rotatable bonds is 4. The molecule has 0 bridgehead atoms. The van der Waals surface area contributed by atoms with Gasteiger partial charge in [0.1, 0.15) is 17.4 Å². The normalized spacial score (nSPS) is 10.8. The zero-order chi connectivity index (χ0) is 15.4. The molecule has 1 aromatic heterocycles. The second kappa shape index (κ2) is 6.32. The number of ether oxygens (including phenoxy) is 1. The van der Waals surface area contributed by atoms with Crippen molar-refractivity contribution in [3.63, 3.8) is 0 Å². The Morgan fingerprint density at radius 3 is 2.48 bits per heavy atom. The Bertz CT molecular complexity index is 657. The number of anilines is 3. The first-order valence-electron chi connectivity index (χ1n) is 6.16. The number of methoxy groups -OCH3 is 1. The van der Waals surface area contributed by atoms with Gasteiger partial charge in [0.25, 0.3) is 0 Å². The molecule has 2 rings (SSSR count). The molecule has 0 radical (unpaired) electrons. The van der Waals surface area contributed by atoms with Crippen LogP contribution >= 0.6 is 11.6 Å². The Labute approximate surface area is 128 Å². The summed E-state index contributed by atoms with van der Waals surface area (Å²) in [5, 5.41) is 0.0806. The maximum absolute atomic E-state index is 5.90. The van der Waals surface area contributed by atoms with E-state index in [4.69, 9.17) is 27.8 Å². The summed E-state index contributed by atoms with van der Waals surface area (Å²) < 4.78 is 5.14. The molecule has 0 aliphatic rings. The molecule has 21 heavy (non-hydrogen) atoms. The summed E-state index contributed by atoms with van der Waals surface area (Å²) in [6.07, 6.45) is 3.02.